The van der Waals surface area contributed by atoms with Crippen molar-refractivity contribution < 1.29 is 40.9 Å². The van der Waals surface area contributed by atoms with E-state index in [1.807, 2.05) is 25.2 Å². The Balaban J connectivity index is 0.00000306. The number of anilines is 1. The average Bonchev–Trinajstić information content (AvgIpc) is 3.45. The number of aliphatic hydroxyl groups is 1. The van der Waals surface area contributed by atoms with E-state index in [2.05, 4.69) is 15.5 Å². The van der Waals surface area contributed by atoms with Crippen molar-refractivity contribution in [1.29, 1.82) is 0 Å². The molecule has 1 aliphatic carbocycles. The molecule has 178 valence electrons. The highest BCUT2D eigenvalue weighted by Crippen LogP contribution is 2.42. The SMILES string of the molecule is C[N+]1(CC(=O)Nc2cccnn2)CC[C@@H](OC(=O)C(O)(c2ccccc2)C2CCCC2)C1.[Br-]. The number of carbonyl (C=O) groups excluding carboxylic acids is 2. The summed E-state index contributed by atoms with van der Waals surface area (Å²) in [6.07, 6.45) is 5.48. The lowest BCUT2D eigenvalue weighted by atomic mass is 9.80. The monoisotopic (exact) mass is 518 g/mol. The van der Waals surface area contributed by atoms with Gasteiger partial charge in [-0.05, 0) is 30.5 Å². The molecule has 1 amide bonds. The number of carbonyl (C=O) groups is 2. The number of nitrogens with one attached hydrogen (secondary N) is 1. The first kappa shape index (κ1) is 25.3. The summed E-state index contributed by atoms with van der Waals surface area (Å²) in [7, 11) is 1.98. The van der Waals surface area contributed by atoms with Crippen molar-refractivity contribution in [3.63, 3.8) is 0 Å². The van der Waals surface area contributed by atoms with Crippen molar-refractivity contribution in [1.82, 2.24) is 10.2 Å². The highest BCUT2D eigenvalue weighted by atomic mass is 79.9. The van der Waals surface area contributed by atoms with Crippen LogP contribution in [0.25, 0.3) is 0 Å². The van der Waals surface area contributed by atoms with E-state index < -0.39 is 11.6 Å². The van der Waals surface area contributed by atoms with Gasteiger partial charge >= 0.3 is 5.97 Å². The summed E-state index contributed by atoms with van der Waals surface area (Å²) >= 11 is 0. The second kappa shape index (κ2) is 10.7. The second-order valence-corrected chi connectivity index (χ2v) is 9.27. The van der Waals surface area contributed by atoms with E-state index in [1.54, 1.807) is 30.5 Å². The molecule has 1 saturated carbocycles. The molecule has 1 aromatic heterocycles. The Hall–Kier alpha value is -2.36. The fourth-order valence-corrected chi connectivity index (χ4v) is 5.06. The lowest BCUT2D eigenvalue weighted by Crippen LogP contribution is -3.00. The van der Waals surface area contributed by atoms with Gasteiger partial charge in [-0.15, -0.1) is 5.10 Å². The number of benzene rings is 1. The minimum absolute atomic E-state index is 0. The third kappa shape index (κ3) is 5.77. The minimum Gasteiger partial charge on any atom is -1.00 e. The van der Waals surface area contributed by atoms with Crippen LogP contribution in [0, 0.1) is 5.92 Å². The zero-order valence-electron chi connectivity index (χ0n) is 18.8. The standard InChI is InChI=1S/C24H30N4O4.BrH/c1-28(17-22(29)26-21-12-7-14-25-27-21)15-13-20(16-28)32-23(30)24(31,19-10-5-6-11-19)18-8-3-2-4-9-18;/h2-4,7-9,12,14,19-20,31H,5-6,10-11,13,15-17H2,1H3;1H/t20-,24?,28?;/m1./s1. The molecule has 9 heteroatoms. The summed E-state index contributed by atoms with van der Waals surface area (Å²) in [5.41, 5.74) is -1.04. The summed E-state index contributed by atoms with van der Waals surface area (Å²) in [4.78, 5) is 25.8. The number of halogens is 1. The molecule has 8 nitrogen and oxygen atoms in total. The number of quaternary nitrogens is 1. The van der Waals surface area contributed by atoms with Crippen molar-refractivity contribution in [3.05, 3.63) is 54.2 Å². The molecule has 0 radical (unpaired) electrons. The molecular weight excluding hydrogens is 488 g/mol. The van der Waals surface area contributed by atoms with E-state index in [9.17, 15) is 14.7 Å². The summed E-state index contributed by atoms with van der Waals surface area (Å²) < 4.78 is 6.34. The largest absolute Gasteiger partial charge is 1.00 e. The number of ether oxygens (including phenoxy) is 1. The fraction of sp³-hybridized carbons (Fsp3) is 0.500. The van der Waals surface area contributed by atoms with Crippen LogP contribution in [0.1, 0.15) is 37.7 Å². The zero-order valence-corrected chi connectivity index (χ0v) is 20.4. The van der Waals surface area contributed by atoms with Crippen molar-refractivity contribution >= 4 is 17.7 Å². The number of esters is 1. The predicted octanol–water partition coefficient (Wildman–Crippen LogP) is -0.741. The van der Waals surface area contributed by atoms with Crippen LogP contribution in [0.5, 0.6) is 0 Å². The molecular formula is C24H31BrN4O4. The highest BCUT2D eigenvalue weighted by Gasteiger charge is 2.49. The topological polar surface area (TPSA) is 101 Å². The summed E-state index contributed by atoms with van der Waals surface area (Å²) in [6.45, 7) is 1.48. The molecule has 4 rings (SSSR count). The molecule has 1 aromatic carbocycles. The van der Waals surface area contributed by atoms with Gasteiger partial charge in [-0.1, -0.05) is 43.2 Å². The van der Waals surface area contributed by atoms with E-state index in [-0.39, 0.29) is 41.5 Å². The van der Waals surface area contributed by atoms with Gasteiger partial charge in [-0.3, -0.25) is 4.79 Å². The summed E-state index contributed by atoms with van der Waals surface area (Å²) in [6, 6.07) is 12.5. The lowest BCUT2D eigenvalue weighted by molar-refractivity contribution is -0.890. The van der Waals surface area contributed by atoms with Gasteiger partial charge in [0.05, 0.1) is 13.6 Å². The normalized spacial score (nSPS) is 24.5. The van der Waals surface area contributed by atoms with Gasteiger partial charge in [0.2, 0.25) is 0 Å². The molecule has 1 saturated heterocycles. The van der Waals surface area contributed by atoms with Gasteiger partial charge < -0.3 is 36.6 Å². The van der Waals surface area contributed by atoms with Gasteiger partial charge in [0.25, 0.3) is 5.91 Å². The third-order valence-electron chi connectivity index (χ3n) is 6.75. The second-order valence-electron chi connectivity index (χ2n) is 9.27. The van der Waals surface area contributed by atoms with Crippen LogP contribution >= 0.6 is 0 Å². The van der Waals surface area contributed by atoms with E-state index >= 15 is 0 Å². The highest BCUT2D eigenvalue weighted by molar-refractivity contribution is 5.90. The van der Waals surface area contributed by atoms with E-state index in [0.29, 0.717) is 35.4 Å². The molecule has 2 aliphatic rings. The first-order chi connectivity index (χ1) is 15.4. The van der Waals surface area contributed by atoms with E-state index in [4.69, 9.17) is 4.74 Å². The molecule has 2 heterocycles. The third-order valence-corrected chi connectivity index (χ3v) is 6.75. The number of amides is 1. The Morgan fingerprint density at radius 2 is 1.88 bits per heavy atom. The maximum absolute atomic E-state index is 13.3. The van der Waals surface area contributed by atoms with Crippen molar-refractivity contribution in [3.8, 4) is 0 Å². The Labute approximate surface area is 204 Å². The molecule has 1 aliphatic heterocycles. The molecule has 2 unspecified atom stereocenters. The number of hydrogen-bond acceptors (Lipinski definition) is 6. The number of likely N-dealkylation sites (N-methyl/N-ethyl adjacent to an activating group) is 1. The lowest BCUT2D eigenvalue weighted by Gasteiger charge is -2.33. The van der Waals surface area contributed by atoms with Crippen LogP contribution in [0.4, 0.5) is 5.82 Å². The molecule has 33 heavy (non-hydrogen) atoms. The number of hydrogen-bond donors (Lipinski definition) is 2. The fourth-order valence-electron chi connectivity index (χ4n) is 5.06. The summed E-state index contributed by atoms with van der Waals surface area (Å²) in [5, 5.41) is 22.0. The van der Waals surface area contributed by atoms with Crippen LogP contribution < -0.4 is 22.3 Å². The molecule has 2 N–H and O–H groups in total. The number of rotatable bonds is 7. The Kier molecular flexibility index (Phi) is 8.20. The van der Waals surface area contributed by atoms with E-state index in [0.717, 1.165) is 25.7 Å². The quantitative estimate of drug-likeness (QED) is 0.369. The van der Waals surface area contributed by atoms with Crippen LogP contribution in [0.3, 0.4) is 0 Å². The predicted molar refractivity (Wildman–Crippen MR) is 118 cm³/mol. The molecule has 2 fully saturated rings. The van der Waals surface area contributed by atoms with Crippen LogP contribution in [-0.4, -0.2) is 64.4 Å². The average molecular weight is 519 g/mol. The van der Waals surface area contributed by atoms with Crippen LogP contribution in [-0.2, 0) is 19.9 Å². The Morgan fingerprint density at radius 3 is 2.55 bits per heavy atom. The van der Waals surface area contributed by atoms with Gasteiger partial charge in [0, 0.05) is 18.5 Å². The van der Waals surface area contributed by atoms with Gasteiger partial charge in [-0.2, -0.15) is 5.10 Å². The molecule has 3 atom stereocenters. The van der Waals surface area contributed by atoms with Crippen molar-refractivity contribution in [2.75, 3.05) is 32.0 Å². The first-order valence-corrected chi connectivity index (χ1v) is 11.3. The van der Waals surface area contributed by atoms with Crippen LogP contribution in [0.15, 0.2) is 48.7 Å². The van der Waals surface area contributed by atoms with Crippen molar-refractivity contribution in [2.24, 2.45) is 5.92 Å². The molecule has 0 spiro atoms. The number of aromatic nitrogens is 2. The molecule has 2 aromatic rings. The maximum Gasteiger partial charge on any atom is 0.343 e. The Morgan fingerprint density at radius 1 is 1.15 bits per heavy atom. The first-order valence-electron chi connectivity index (χ1n) is 11.3. The van der Waals surface area contributed by atoms with Crippen molar-refractivity contribution in [2.45, 2.75) is 43.8 Å². The van der Waals surface area contributed by atoms with Gasteiger partial charge in [-0.25, -0.2) is 4.79 Å². The summed E-state index contributed by atoms with van der Waals surface area (Å²) in [5.74, 6) is -0.460. The van der Waals surface area contributed by atoms with E-state index in [1.165, 1.54) is 0 Å². The maximum atomic E-state index is 13.3. The smallest absolute Gasteiger partial charge is 0.343 e. The van der Waals surface area contributed by atoms with Gasteiger partial charge in [0.1, 0.15) is 6.54 Å². The Bertz CT molecular complexity index is 942. The number of nitrogens with zero attached hydrogens (tertiary/aromatic N) is 3. The minimum atomic E-state index is -1.63. The van der Waals surface area contributed by atoms with Gasteiger partial charge in [0.15, 0.2) is 24.1 Å². The van der Waals surface area contributed by atoms with Crippen LogP contribution in [0.2, 0.25) is 0 Å². The molecule has 0 bridgehead atoms. The number of likely N-dealkylation sites (tertiary alicyclic amines) is 1. The zero-order chi connectivity index (χ0) is 22.6.